The molecule has 1 amide bonds. The minimum atomic E-state index is -0.644. The highest BCUT2D eigenvalue weighted by atomic mass is 16.5. The SMILES string of the molecule is CN1CCC(Oc2cc(NC(=O)c3coc4c3C(O)CCC4)ccn2)CC1. The molecule has 1 aliphatic heterocycles. The van der Waals surface area contributed by atoms with E-state index in [1.165, 1.54) is 6.26 Å². The molecule has 1 fully saturated rings. The Kier molecular flexibility index (Phi) is 5.13. The molecule has 0 bridgehead atoms. The molecule has 7 heteroatoms. The molecular weight excluding hydrogens is 346 g/mol. The van der Waals surface area contributed by atoms with Crippen LogP contribution in [0.1, 0.15) is 53.5 Å². The van der Waals surface area contributed by atoms with Gasteiger partial charge < -0.3 is 24.5 Å². The van der Waals surface area contributed by atoms with Crippen molar-refractivity contribution in [3.05, 3.63) is 41.5 Å². The molecule has 27 heavy (non-hydrogen) atoms. The number of ether oxygens (including phenoxy) is 1. The summed E-state index contributed by atoms with van der Waals surface area (Å²) in [4.78, 5) is 19.2. The van der Waals surface area contributed by atoms with Crippen LogP contribution in [0.3, 0.4) is 0 Å². The predicted molar refractivity (Wildman–Crippen MR) is 99.9 cm³/mol. The Morgan fingerprint density at radius 3 is 3.00 bits per heavy atom. The summed E-state index contributed by atoms with van der Waals surface area (Å²) < 4.78 is 11.5. The van der Waals surface area contributed by atoms with Crippen LogP contribution in [0.25, 0.3) is 0 Å². The maximum absolute atomic E-state index is 12.7. The van der Waals surface area contributed by atoms with Gasteiger partial charge in [0.05, 0.1) is 11.7 Å². The molecule has 144 valence electrons. The number of carbonyl (C=O) groups is 1. The second-order valence-electron chi connectivity index (χ2n) is 7.35. The summed E-state index contributed by atoms with van der Waals surface area (Å²) in [6.07, 6.45) is 6.77. The van der Waals surface area contributed by atoms with Gasteiger partial charge in [-0.15, -0.1) is 0 Å². The van der Waals surface area contributed by atoms with Gasteiger partial charge in [0.2, 0.25) is 5.88 Å². The summed E-state index contributed by atoms with van der Waals surface area (Å²) in [5, 5.41) is 13.1. The summed E-state index contributed by atoms with van der Waals surface area (Å²) in [6.45, 7) is 2.02. The fraction of sp³-hybridized carbons (Fsp3) is 0.500. The number of hydrogen-bond acceptors (Lipinski definition) is 6. The number of aliphatic hydroxyl groups is 1. The van der Waals surface area contributed by atoms with Crippen molar-refractivity contribution in [2.24, 2.45) is 0 Å². The molecule has 1 atom stereocenters. The Hall–Kier alpha value is -2.38. The first-order chi connectivity index (χ1) is 13.1. The predicted octanol–water partition coefficient (Wildman–Crippen LogP) is 2.77. The number of amides is 1. The number of pyridine rings is 1. The molecule has 2 aliphatic rings. The number of hydrogen-bond donors (Lipinski definition) is 2. The lowest BCUT2D eigenvalue weighted by molar-refractivity contribution is 0.101. The number of anilines is 1. The molecule has 2 aromatic heterocycles. The van der Waals surface area contributed by atoms with Crippen LogP contribution in [-0.2, 0) is 6.42 Å². The number of carbonyl (C=O) groups excluding carboxylic acids is 1. The van der Waals surface area contributed by atoms with E-state index in [2.05, 4.69) is 22.2 Å². The average molecular weight is 371 g/mol. The Labute approximate surface area is 158 Å². The number of aromatic nitrogens is 1. The summed E-state index contributed by atoms with van der Waals surface area (Å²) in [6, 6.07) is 3.46. The summed E-state index contributed by atoms with van der Waals surface area (Å²) in [7, 11) is 2.11. The number of nitrogens with zero attached hydrogens (tertiary/aromatic N) is 2. The van der Waals surface area contributed by atoms with E-state index in [0.29, 0.717) is 34.9 Å². The number of nitrogens with one attached hydrogen (secondary N) is 1. The van der Waals surface area contributed by atoms with Gasteiger partial charge in [-0.1, -0.05) is 0 Å². The maximum Gasteiger partial charge on any atom is 0.259 e. The van der Waals surface area contributed by atoms with Gasteiger partial charge in [-0.25, -0.2) is 4.98 Å². The van der Waals surface area contributed by atoms with Crippen molar-refractivity contribution in [2.45, 2.75) is 44.3 Å². The van der Waals surface area contributed by atoms with E-state index in [9.17, 15) is 9.90 Å². The van der Waals surface area contributed by atoms with E-state index in [-0.39, 0.29) is 12.0 Å². The third-order valence-electron chi connectivity index (χ3n) is 5.31. The number of furan rings is 1. The fourth-order valence-corrected chi connectivity index (χ4v) is 3.77. The third-order valence-corrected chi connectivity index (χ3v) is 5.31. The largest absolute Gasteiger partial charge is 0.474 e. The van der Waals surface area contributed by atoms with E-state index in [1.54, 1.807) is 18.3 Å². The number of aliphatic hydroxyl groups excluding tert-OH is 1. The van der Waals surface area contributed by atoms with Gasteiger partial charge in [0.15, 0.2) is 0 Å². The van der Waals surface area contributed by atoms with Crippen molar-refractivity contribution in [3.8, 4) is 5.88 Å². The van der Waals surface area contributed by atoms with Crippen molar-refractivity contribution in [1.82, 2.24) is 9.88 Å². The quantitative estimate of drug-likeness (QED) is 0.859. The molecule has 3 heterocycles. The zero-order valence-corrected chi connectivity index (χ0v) is 15.5. The normalized spacial score (nSPS) is 20.9. The second kappa shape index (κ2) is 7.70. The molecule has 0 saturated carbocycles. The van der Waals surface area contributed by atoms with Gasteiger partial charge in [0, 0.05) is 43.0 Å². The number of likely N-dealkylation sites (tertiary alicyclic amines) is 1. The Balaban J connectivity index is 1.44. The van der Waals surface area contributed by atoms with Crippen molar-refractivity contribution in [1.29, 1.82) is 0 Å². The minimum Gasteiger partial charge on any atom is -0.474 e. The van der Waals surface area contributed by atoms with Crippen LogP contribution >= 0.6 is 0 Å². The van der Waals surface area contributed by atoms with E-state index >= 15 is 0 Å². The third kappa shape index (κ3) is 3.99. The molecule has 1 saturated heterocycles. The van der Waals surface area contributed by atoms with E-state index in [0.717, 1.165) is 38.8 Å². The summed E-state index contributed by atoms with van der Waals surface area (Å²) in [5.74, 6) is 0.925. The Morgan fingerprint density at radius 1 is 1.37 bits per heavy atom. The molecule has 0 spiro atoms. The van der Waals surface area contributed by atoms with E-state index in [1.807, 2.05) is 0 Å². The Morgan fingerprint density at radius 2 is 2.19 bits per heavy atom. The van der Waals surface area contributed by atoms with Crippen LogP contribution in [0.5, 0.6) is 5.88 Å². The highest BCUT2D eigenvalue weighted by Gasteiger charge is 2.28. The standard InChI is InChI=1S/C20H25N3O4/c1-23-9-6-14(7-10-23)27-18-11-13(5-8-21-18)22-20(25)15-12-26-17-4-2-3-16(24)19(15)17/h5,8,11-12,14,16,24H,2-4,6-7,9-10H2,1H3,(H,21,22,25). The van der Waals surface area contributed by atoms with Crippen LogP contribution in [-0.4, -0.2) is 47.1 Å². The maximum atomic E-state index is 12.7. The van der Waals surface area contributed by atoms with Crippen molar-refractivity contribution in [2.75, 3.05) is 25.5 Å². The van der Waals surface area contributed by atoms with Crippen LogP contribution < -0.4 is 10.1 Å². The van der Waals surface area contributed by atoms with Gasteiger partial charge >= 0.3 is 0 Å². The monoisotopic (exact) mass is 371 g/mol. The molecular formula is C20H25N3O4. The van der Waals surface area contributed by atoms with Crippen molar-refractivity contribution in [3.63, 3.8) is 0 Å². The van der Waals surface area contributed by atoms with Crippen molar-refractivity contribution < 1.29 is 19.1 Å². The van der Waals surface area contributed by atoms with E-state index in [4.69, 9.17) is 9.15 Å². The number of aryl methyl sites for hydroxylation is 1. The molecule has 0 aromatic carbocycles. The second-order valence-corrected chi connectivity index (χ2v) is 7.35. The average Bonchev–Trinajstić information content (AvgIpc) is 3.10. The zero-order chi connectivity index (χ0) is 18.8. The van der Waals surface area contributed by atoms with Gasteiger partial charge in [-0.05, 0) is 38.8 Å². The lowest BCUT2D eigenvalue weighted by Crippen LogP contribution is -2.35. The summed E-state index contributed by atoms with van der Waals surface area (Å²) in [5.41, 5.74) is 1.63. The van der Waals surface area contributed by atoms with Crippen molar-refractivity contribution >= 4 is 11.6 Å². The van der Waals surface area contributed by atoms with Gasteiger partial charge in [0.1, 0.15) is 18.1 Å². The van der Waals surface area contributed by atoms with E-state index < -0.39 is 6.10 Å². The molecule has 2 aromatic rings. The van der Waals surface area contributed by atoms with Gasteiger partial charge in [0.25, 0.3) is 5.91 Å². The topological polar surface area (TPSA) is 87.8 Å². The minimum absolute atomic E-state index is 0.149. The molecule has 4 rings (SSSR count). The molecule has 0 radical (unpaired) electrons. The smallest absolute Gasteiger partial charge is 0.259 e. The highest BCUT2D eigenvalue weighted by Crippen LogP contribution is 2.34. The first kappa shape index (κ1) is 18.0. The Bertz CT molecular complexity index is 811. The van der Waals surface area contributed by atoms with Crippen LogP contribution in [0.15, 0.2) is 29.0 Å². The molecule has 1 aliphatic carbocycles. The lowest BCUT2D eigenvalue weighted by atomic mass is 9.92. The molecule has 7 nitrogen and oxygen atoms in total. The first-order valence-electron chi connectivity index (χ1n) is 9.51. The zero-order valence-electron chi connectivity index (χ0n) is 15.5. The van der Waals surface area contributed by atoms with Gasteiger partial charge in [-0.2, -0.15) is 0 Å². The number of rotatable bonds is 4. The number of fused-ring (bicyclic) bond motifs is 1. The molecule has 1 unspecified atom stereocenters. The summed E-state index contributed by atoms with van der Waals surface area (Å²) >= 11 is 0. The highest BCUT2D eigenvalue weighted by molar-refractivity contribution is 6.05. The first-order valence-corrected chi connectivity index (χ1v) is 9.51. The van der Waals surface area contributed by atoms with Crippen LogP contribution in [0, 0.1) is 0 Å². The fourth-order valence-electron chi connectivity index (χ4n) is 3.77. The molecule has 2 N–H and O–H groups in total. The number of piperidine rings is 1. The van der Waals surface area contributed by atoms with Gasteiger partial charge in [-0.3, -0.25) is 4.79 Å². The lowest BCUT2D eigenvalue weighted by Gasteiger charge is -2.28. The van der Waals surface area contributed by atoms with Crippen LogP contribution in [0.4, 0.5) is 5.69 Å². The van der Waals surface area contributed by atoms with Crippen LogP contribution in [0.2, 0.25) is 0 Å².